The van der Waals surface area contributed by atoms with Crippen LogP contribution >= 0.6 is 0 Å². The molecule has 0 bridgehead atoms. The number of amides is 4. The van der Waals surface area contributed by atoms with Crippen LogP contribution in [0.2, 0.25) is 0 Å². The maximum atomic E-state index is 13.0. The molecule has 6 aromatic carbocycles. The number of fused-ring (bicyclic) bond motifs is 1. The number of hydrogen-bond donors (Lipinski definition) is 4. The largest absolute Gasteiger partial charge is 0.323 e. The van der Waals surface area contributed by atoms with Gasteiger partial charge in [0.25, 0.3) is 11.4 Å². The van der Waals surface area contributed by atoms with Gasteiger partial charge in [0, 0.05) is 41.0 Å². The Morgan fingerprint density at radius 2 is 0.769 bits per heavy atom. The van der Waals surface area contributed by atoms with Gasteiger partial charge in [-0.15, -0.1) is 0 Å². The minimum Gasteiger partial charge on any atom is -0.308 e. The van der Waals surface area contributed by atoms with Crippen molar-refractivity contribution in [3.05, 3.63) is 154 Å². The van der Waals surface area contributed by atoms with E-state index in [1.165, 1.54) is 48.5 Å². The number of nitro groups is 2. The molecular formula is C36H26N10O6. The number of carbonyl (C=O) groups is 2. The van der Waals surface area contributed by atoms with Gasteiger partial charge in [0.15, 0.2) is 0 Å². The molecule has 0 saturated heterocycles. The van der Waals surface area contributed by atoms with Crippen LogP contribution in [0.3, 0.4) is 0 Å². The molecule has 0 saturated carbocycles. The standard InChI is InChI=1S/C36H26N10O6/c47-35(37-24-7-11-26(12-8-24)41-43-28-15-19-30(20-16-28)45(49)50)39-32-5-1-3-23-4-2-6-33(34(23)32)40-36(48)38-25-9-13-27(14-10-25)42-44-29-17-21-31(22-18-29)46(51)52/h1-22H,(H2,37,39,47)(H2,38,40,48). The number of benzene rings is 6. The van der Waals surface area contributed by atoms with E-state index in [0.717, 1.165) is 5.39 Å². The lowest BCUT2D eigenvalue weighted by Gasteiger charge is -2.15. The van der Waals surface area contributed by atoms with E-state index in [1.54, 1.807) is 72.8 Å². The first-order chi connectivity index (χ1) is 25.2. The molecule has 0 spiro atoms. The van der Waals surface area contributed by atoms with Crippen molar-refractivity contribution < 1.29 is 19.4 Å². The number of urea groups is 2. The Morgan fingerprint density at radius 1 is 0.442 bits per heavy atom. The number of hydrogen-bond acceptors (Lipinski definition) is 10. The number of rotatable bonds is 10. The number of nitro benzene ring substituents is 2. The van der Waals surface area contributed by atoms with Crippen LogP contribution < -0.4 is 21.3 Å². The molecule has 0 aliphatic carbocycles. The fourth-order valence-corrected chi connectivity index (χ4v) is 4.85. The van der Waals surface area contributed by atoms with Crippen molar-refractivity contribution in [2.75, 3.05) is 21.3 Å². The van der Waals surface area contributed by atoms with Gasteiger partial charge in [-0.1, -0.05) is 24.3 Å². The molecular weight excluding hydrogens is 668 g/mol. The highest BCUT2D eigenvalue weighted by molar-refractivity contribution is 6.13. The fraction of sp³-hybridized carbons (Fsp3) is 0. The average molecular weight is 695 g/mol. The van der Waals surface area contributed by atoms with Crippen molar-refractivity contribution in [3.8, 4) is 0 Å². The number of azo groups is 2. The molecule has 0 aliphatic rings. The van der Waals surface area contributed by atoms with E-state index in [2.05, 4.69) is 41.7 Å². The minimum absolute atomic E-state index is 0.0428. The first kappa shape index (κ1) is 34.0. The number of non-ortho nitro benzene ring substituents is 2. The highest BCUT2D eigenvalue weighted by atomic mass is 16.6. The predicted molar refractivity (Wildman–Crippen MR) is 197 cm³/mol. The average Bonchev–Trinajstić information content (AvgIpc) is 3.14. The lowest BCUT2D eigenvalue weighted by Crippen LogP contribution is -2.21. The molecule has 52 heavy (non-hydrogen) atoms. The van der Waals surface area contributed by atoms with E-state index in [1.807, 2.05) is 12.1 Å². The molecule has 0 atom stereocenters. The van der Waals surface area contributed by atoms with Crippen LogP contribution in [0.25, 0.3) is 10.8 Å². The second kappa shape index (κ2) is 15.6. The Labute approximate surface area is 294 Å². The summed E-state index contributed by atoms with van der Waals surface area (Å²) in [6, 6.07) is 34.3. The zero-order chi connectivity index (χ0) is 36.5. The van der Waals surface area contributed by atoms with E-state index < -0.39 is 21.9 Å². The van der Waals surface area contributed by atoms with E-state index in [-0.39, 0.29) is 11.4 Å². The predicted octanol–water partition coefficient (Wildman–Crippen LogP) is 10.8. The van der Waals surface area contributed by atoms with Crippen LogP contribution in [0.1, 0.15) is 0 Å². The van der Waals surface area contributed by atoms with Crippen molar-refractivity contribution in [2.45, 2.75) is 0 Å². The minimum atomic E-state index is -0.516. The quantitative estimate of drug-likeness (QED) is 0.0620. The zero-order valence-electron chi connectivity index (χ0n) is 26.8. The lowest BCUT2D eigenvalue weighted by molar-refractivity contribution is -0.385. The lowest BCUT2D eigenvalue weighted by atomic mass is 10.1. The summed E-state index contributed by atoms with van der Waals surface area (Å²) in [4.78, 5) is 46.7. The van der Waals surface area contributed by atoms with Gasteiger partial charge in [0.05, 0.1) is 44.0 Å². The maximum absolute atomic E-state index is 13.0. The maximum Gasteiger partial charge on any atom is 0.323 e. The molecule has 6 rings (SSSR count). The Kier molecular flexibility index (Phi) is 10.2. The third-order valence-electron chi connectivity index (χ3n) is 7.33. The van der Waals surface area contributed by atoms with Crippen LogP contribution in [0.15, 0.2) is 154 Å². The van der Waals surface area contributed by atoms with E-state index in [9.17, 15) is 29.8 Å². The molecule has 256 valence electrons. The molecule has 4 N–H and O–H groups in total. The van der Waals surface area contributed by atoms with Gasteiger partial charge in [-0.25, -0.2) is 9.59 Å². The van der Waals surface area contributed by atoms with Crippen molar-refractivity contribution in [2.24, 2.45) is 20.5 Å². The SMILES string of the molecule is O=C(Nc1ccc(N=Nc2ccc([N+](=O)[O-])cc2)cc1)Nc1cccc2cccc(NC(=O)Nc3ccc(N=Nc4ccc([N+](=O)[O-])cc4)cc3)c12. The summed E-state index contributed by atoms with van der Waals surface area (Å²) in [6.45, 7) is 0. The van der Waals surface area contributed by atoms with E-state index in [0.29, 0.717) is 50.9 Å². The van der Waals surface area contributed by atoms with Gasteiger partial charge in [0.2, 0.25) is 0 Å². The molecule has 0 aliphatic heterocycles. The van der Waals surface area contributed by atoms with Gasteiger partial charge in [0.1, 0.15) is 0 Å². The van der Waals surface area contributed by atoms with Gasteiger partial charge >= 0.3 is 12.1 Å². The van der Waals surface area contributed by atoms with E-state index in [4.69, 9.17) is 0 Å². The second-order valence-electron chi connectivity index (χ2n) is 10.9. The molecule has 4 amide bonds. The Balaban J connectivity index is 1.06. The summed E-state index contributed by atoms with van der Waals surface area (Å²) in [6.07, 6.45) is 0. The topological polar surface area (TPSA) is 218 Å². The van der Waals surface area contributed by atoms with Crippen molar-refractivity contribution >= 4 is 79.7 Å². The van der Waals surface area contributed by atoms with Gasteiger partial charge in [-0.2, -0.15) is 20.5 Å². The molecule has 0 heterocycles. The van der Waals surface area contributed by atoms with Crippen LogP contribution in [0.5, 0.6) is 0 Å². The summed E-state index contributed by atoms with van der Waals surface area (Å²) in [5, 5.41) is 50.7. The van der Waals surface area contributed by atoms with Crippen LogP contribution in [0, 0.1) is 20.2 Å². The Hall–Kier alpha value is -7.88. The number of nitrogens with one attached hydrogen (secondary N) is 4. The van der Waals surface area contributed by atoms with Gasteiger partial charge in [-0.05, 0) is 90.3 Å². The van der Waals surface area contributed by atoms with Crippen LogP contribution in [-0.4, -0.2) is 21.9 Å². The summed E-state index contributed by atoms with van der Waals surface area (Å²) in [7, 11) is 0. The first-order valence-corrected chi connectivity index (χ1v) is 15.4. The molecule has 16 nitrogen and oxygen atoms in total. The van der Waals surface area contributed by atoms with Crippen molar-refractivity contribution in [3.63, 3.8) is 0 Å². The van der Waals surface area contributed by atoms with E-state index >= 15 is 0 Å². The highest BCUT2D eigenvalue weighted by Crippen LogP contribution is 2.32. The highest BCUT2D eigenvalue weighted by Gasteiger charge is 2.13. The monoisotopic (exact) mass is 694 g/mol. The first-order valence-electron chi connectivity index (χ1n) is 15.4. The van der Waals surface area contributed by atoms with Gasteiger partial charge < -0.3 is 21.3 Å². The Morgan fingerprint density at radius 3 is 1.10 bits per heavy atom. The van der Waals surface area contributed by atoms with Crippen LogP contribution in [0.4, 0.5) is 66.5 Å². The third-order valence-corrected chi connectivity index (χ3v) is 7.33. The van der Waals surface area contributed by atoms with Gasteiger partial charge in [-0.3, -0.25) is 20.2 Å². The van der Waals surface area contributed by atoms with Crippen LogP contribution in [-0.2, 0) is 0 Å². The number of nitrogens with zero attached hydrogens (tertiary/aromatic N) is 6. The number of anilines is 4. The third kappa shape index (κ3) is 8.77. The number of carbonyl (C=O) groups excluding carboxylic acids is 2. The van der Waals surface area contributed by atoms with Crippen molar-refractivity contribution in [1.82, 2.24) is 0 Å². The second-order valence-corrected chi connectivity index (χ2v) is 10.9. The molecule has 0 unspecified atom stereocenters. The molecule has 0 radical (unpaired) electrons. The van der Waals surface area contributed by atoms with Crippen molar-refractivity contribution in [1.29, 1.82) is 0 Å². The summed E-state index contributed by atoms with van der Waals surface area (Å²) in [5.41, 5.74) is 3.73. The summed E-state index contributed by atoms with van der Waals surface area (Å²) < 4.78 is 0. The molecule has 0 fully saturated rings. The Bertz CT molecular complexity index is 2170. The molecule has 6 aromatic rings. The smallest absolute Gasteiger partial charge is 0.308 e. The zero-order valence-corrected chi connectivity index (χ0v) is 26.8. The summed E-state index contributed by atoms with van der Waals surface area (Å²) >= 11 is 0. The fourth-order valence-electron chi connectivity index (χ4n) is 4.85. The normalized spacial score (nSPS) is 11.0. The molecule has 0 aromatic heterocycles. The summed E-state index contributed by atoms with van der Waals surface area (Å²) in [5.74, 6) is 0. The molecule has 16 heteroatoms.